The van der Waals surface area contributed by atoms with Crippen LogP contribution in [0.25, 0.3) is 292 Å². The fourth-order valence-corrected chi connectivity index (χ4v) is 24.9. The first-order valence-corrected chi connectivity index (χ1v) is 50.3. The summed E-state index contributed by atoms with van der Waals surface area (Å²) in [6, 6.07) is 168. The molecular formula is C136H77N7S2. The number of rotatable bonds is 11. The Balaban J connectivity index is 0.000000108. The fourth-order valence-electron chi connectivity index (χ4n) is 22.8. The Kier molecular flexibility index (Phi) is 19.8. The number of nitriles is 2. The Hall–Kier alpha value is -19.2. The third kappa shape index (κ3) is 14.1. The molecule has 0 radical (unpaired) electrons. The molecule has 0 saturated carbocycles. The van der Waals surface area contributed by atoms with Crippen molar-refractivity contribution in [2.75, 3.05) is 0 Å². The molecule has 0 unspecified atom stereocenters. The second kappa shape index (κ2) is 34.1. The zero-order valence-electron chi connectivity index (χ0n) is 77.9. The average Bonchev–Trinajstić information content (AvgIpc) is 1.59. The van der Waals surface area contributed by atoms with Crippen molar-refractivity contribution in [3.8, 4) is 130 Å². The Bertz CT molecular complexity index is 10600. The van der Waals surface area contributed by atoms with Crippen molar-refractivity contribution >= 4 is 198 Å². The highest BCUT2D eigenvalue weighted by atomic mass is 32.1. The van der Waals surface area contributed by atoms with E-state index in [0.717, 1.165) is 88.9 Å². The molecule has 0 aliphatic rings. The largest absolute Gasteiger partial charge is 0.309 e. The van der Waals surface area contributed by atoms with Gasteiger partial charge in [0.1, 0.15) is 0 Å². The summed E-state index contributed by atoms with van der Waals surface area (Å²) in [5, 5.41) is 51.4. The van der Waals surface area contributed by atoms with Crippen LogP contribution in [-0.2, 0) is 0 Å². The van der Waals surface area contributed by atoms with Gasteiger partial charge < -0.3 is 4.57 Å². The van der Waals surface area contributed by atoms with Gasteiger partial charge in [-0.1, -0.05) is 291 Å². The Morgan fingerprint density at radius 1 is 0.221 bits per heavy atom. The number of thiophene rings is 2. The summed E-state index contributed by atoms with van der Waals surface area (Å²) in [6.45, 7) is 7.50. The summed E-state index contributed by atoms with van der Waals surface area (Å²) < 4.78 is 7.17. The van der Waals surface area contributed by atoms with E-state index in [0.29, 0.717) is 16.8 Å². The number of pyridine rings is 3. The Morgan fingerprint density at radius 3 is 1.22 bits per heavy atom. The third-order valence-corrected chi connectivity index (χ3v) is 31.8. The normalized spacial score (nSPS) is 11.7. The molecule has 9 heteroatoms. The van der Waals surface area contributed by atoms with Crippen LogP contribution in [0.2, 0.25) is 0 Å². The van der Waals surface area contributed by atoms with Crippen LogP contribution in [0.4, 0.5) is 5.69 Å². The first kappa shape index (κ1) is 83.9. The molecule has 30 aromatic rings. The van der Waals surface area contributed by atoms with Crippen LogP contribution in [0.5, 0.6) is 0 Å². The molecule has 0 aliphatic heterocycles. The minimum atomic E-state index is 0.674. The number of nitrogens with zero attached hydrogens (tertiary/aromatic N) is 7. The van der Waals surface area contributed by atoms with Crippen molar-refractivity contribution in [3.05, 3.63) is 490 Å². The smallest absolute Gasteiger partial charge is 0.187 e. The second-order valence-electron chi connectivity index (χ2n) is 37.6. The zero-order chi connectivity index (χ0) is 96.0. The first-order chi connectivity index (χ1) is 71.7. The van der Waals surface area contributed by atoms with E-state index in [9.17, 15) is 10.5 Å². The molecule has 0 N–H and O–H groups in total. The maximum Gasteiger partial charge on any atom is 0.187 e. The monoisotopic (exact) mass is 1870 g/mol. The molecule has 0 bridgehead atoms. The van der Waals surface area contributed by atoms with Crippen molar-refractivity contribution < 1.29 is 0 Å². The molecule has 30 rings (SSSR count). The standard InChI is InChI=1S/C55H31N3S.C46H26N2S.C35H20N2/c56-32-33-11-23-52-48(27-33)49-31-36(16-24-53(49)59-52)40-21-22-44(43-8-2-1-7-42(40)43)45-18-13-35-14-19-46-41(17-12-34-15-20-47(45)55(35)54(34)46)37-28-38(50-9-3-5-25-57-50)30-39(29-37)51-10-4-6-26-58-51;1-47-34-18-24-44-40(27-34)39-26-32(17-23-43(39)49-44)31-9-5-10-33(25-31)35-19-13-29-16-22-38-36(20-14-30-15-21-37(35)45(29)46(30)38)42-12-6-11-41(48-42)28-7-3-2-4-8-28;36-21-22-9-15-32-30(17-22)31-20-25(14-16-33(31)37(32)29-7-2-1-3-8-29)28-18-26-12-10-23-5-4-6-24-11-13-27(19-28)35(26)34(23)24/h1-31H;2-27H;1-20H. The van der Waals surface area contributed by atoms with E-state index >= 15 is 0 Å². The zero-order valence-corrected chi connectivity index (χ0v) is 79.5. The van der Waals surface area contributed by atoms with Crippen molar-refractivity contribution in [2.45, 2.75) is 0 Å². The summed E-state index contributed by atoms with van der Waals surface area (Å²) in [5.74, 6) is 0. The van der Waals surface area contributed by atoms with Gasteiger partial charge in [0.2, 0.25) is 0 Å². The molecule has 668 valence electrons. The molecule has 0 aliphatic carbocycles. The van der Waals surface area contributed by atoms with E-state index < -0.39 is 0 Å². The molecule has 0 amide bonds. The molecule has 0 atom stereocenters. The Morgan fingerprint density at radius 2 is 0.593 bits per heavy atom. The van der Waals surface area contributed by atoms with Gasteiger partial charge in [0.05, 0.1) is 63.6 Å². The number of benzene rings is 24. The quantitative estimate of drug-likeness (QED) is 0.0950. The van der Waals surface area contributed by atoms with Gasteiger partial charge in [0.25, 0.3) is 0 Å². The van der Waals surface area contributed by atoms with Crippen LogP contribution in [0.15, 0.2) is 467 Å². The molecule has 7 nitrogen and oxygen atoms in total. The van der Waals surface area contributed by atoms with Gasteiger partial charge in [0, 0.05) is 80.7 Å². The van der Waals surface area contributed by atoms with Crippen molar-refractivity contribution in [1.29, 1.82) is 10.5 Å². The van der Waals surface area contributed by atoms with Crippen LogP contribution in [0.1, 0.15) is 11.1 Å². The fraction of sp³-hybridized carbons (Fsp3) is 0. The van der Waals surface area contributed by atoms with E-state index in [1.807, 2.05) is 85.2 Å². The summed E-state index contributed by atoms with van der Waals surface area (Å²) in [7, 11) is 0. The van der Waals surface area contributed by atoms with Gasteiger partial charge >= 0.3 is 0 Å². The lowest BCUT2D eigenvalue weighted by atomic mass is 9.85. The predicted octanol–water partition coefficient (Wildman–Crippen LogP) is 37.9. The summed E-state index contributed by atoms with van der Waals surface area (Å²) in [4.78, 5) is 18.3. The molecule has 0 saturated heterocycles. The van der Waals surface area contributed by atoms with E-state index in [2.05, 4.69) is 404 Å². The predicted molar refractivity (Wildman–Crippen MR) is 611 cm³/mol. The molecule has 0 fully saturated rings. The maximum atomic E-state index is 9.62. The second-order valence-corrected chi connectivity index (χ2v) is 39.8. The van der Waals surface area contributed by atoms with Gasteiger partial charge in [-0.05, 0) is 349 Å². The molecule has 145 heavy (non-hydrogen) atoms. The number of aromatic nitrogens is 4. The van der Waals surface area contributed by atoms with E-state index in [-0.39, 0.29) is 0 Å². The Labute approximate surface area is 841 Å². The molecule has 6 aromatic heterocycles. The molecule has 0 spiro atoms. The number of para-hydroxylation sites is 1. The highest BCUT2D eigenvalue weighted by Gasteiger charge is 2.25. The van der Waals surface area contributed by atoms with Crippen molar-refractivity contribution in [1.82, 2.24) is 19.5 Å². The minimum absolute atomic E-state index is 0.674. The van der Waals surface area contributed by atoms with Crippen LogP contribution in [-0.4, -0.2) is 19.5 Å². The van der Waals surface area contributed by atoms with Gasteiger partial charge in [-0.15, -0.1) is 22.7 Å². The topological polar surface area (TPSA) is 95.5 Å². The average molecular weight is 1870 g/mol. The van der Waals surface area contributed by atoms with Crippen LogP contribution in [0.3, 0.4) is 0 Å². The van der Waals surface area contributed by atoms with E-state index in [1.54, 1.807) is 22.7 Å². The summed E-state index contributed by atoms with van der Waals surface area (Å²) in [6.07, 6.45) is 3.70. The van der Waals surface area contributed by atoms with Gasteiger partial charge in [-0.2, -0.15) is 10.5 Å². The number of fused-ring (bicyclic) bond motifs is 10. The lowest BCUT2D eigenvalue weighted by Gasteiger charge is -2.18. The van der Waals surface area contributed by atoms with E-state index in [4.69, 9.17) is 21.5 Å². The van der Waals surface area contributed by atoms with Gasteiger partial charge in [-0.3, -0.25) is 9.97 Å². The number of hydrogen-bond donors (Lipinski definition) is 0. The van der Waals surface area contributed by atoms with E-state index in [1.165, 1.54) is 198 Å². The van der Waals surface area contributed by atoms with Gasteiger partial charge in [-0.25, -0.2) is 9.83 Å². The van der Waals surface area contributed by atoms with Crippen LogP contribution in [0, 0.1) is 29.2 Å². The molecule has 6 heterocycles. The lowest BCUT2D eigenvalue weighted by molar-refractivity contribution is 1.18. The highest BCUT2D eigenvalue weighted by Crippen LogP contribution is 2.51. The maximum absolute atomic E-state index is 9.62. The van der Waals surface area contributed by atoms with Crippen molar-refractivity contribution in [2.24, 2.45) is 0 Å². The first-order valence-electron chi connectivity index (χ1n) is 48.7. The molecule has 24 aromatic carbocycles. The number of hydrogen-bond acceptors (Lipinski definition) is 7. The summed E-state index contributed by atoms with van der Waals surface area (Å²) >= 11 is 3.56. The minimum Gasteiger partial charge on any atom is -0.309 e. The van der Waals surface area contributed by atoms with Gasteiger partial charge in [0.15, 0.2) is 5.69 Å². The van der Waals surface area contributed by atoms with Crippen molar-refractivity contribution in [3.63, 3.8) is 0 Å². The summed E-state index contributed by atoms with van der Waals surface area (Å²) in [5.41, 5.74) is 27.9. The molecular weight excluding hydrogens is 1800 g/mol. The van der Waals surface area contributed by atoms with Crippen LogP contribution < -0.4 is 0 Å². The highest BCUT2D eigenvalue weighted by molar-refractivity contribution is 7.26. The van der Waals surface area contributed by atoms with Crippen LogP contribution >= 0.6 is 22.7 Å². The third-order valence-electron chi connectivity index (χ3n) is 29.5. The lowest BCUT2D eigenvalue weighted by Crippen LogP contribution is -1.93. The SMILES string of the molecule is N#Cc1ccc2c(c1)c1cc(-c3cc4ccc5cccc6ccc(c3)c4c56)ccc1n2-c1ccccc1.N#Cc1ccc2sc3ccc(-c4ccc(-c5ccc6ccc7c(-c8cc(-c9ccccn9)cc(-c9ccccn9)c8)ccc8ccc5c6c87)c5ccccc45)cc3c2c1.[C-]#[N+]c1ccc2sc3ccc(-c4cccc(-c5ccc6ccc7c(-c8cccc(-c9ccccc9)n8)ccc8ccc5c6c87)c4)cc3c2c1.